The smallest absolute Gasteiger partial charge is 0.231 e. The number of rotatable bonds is 3. The van der Waals surface area contributed by atoms with Crippen molar-refractivity contribution in [3.63, 3.8) is 0 Å². The lowest BCUT2D eigenvalue weighted by molar-refractivity contribution is 0.0476. The van der Waals surface area contributed by atoms with Crippen molar-refractivity contribution in [1.29, 1.82) is 0 Å². The highest BCUT2D eigenvalue weighted by Gasteiger charge is 2.30. The summed E-state index contributed by atoms with van der Waals surface area (Å²) in [5.41, 5.74) is 2.15. The Hall–Kier alpha value is -2.11. The first-order chi connectivity index (χ1) is 11.7. The van der Waals surface area contributed by atoms with E-state index in [0.717, 1.165) is 42.1 Å². The quantitative estimate of drug-likeness (QED) is 0.940. The first-order valence-corrected chi connectivity index (χ1v) is 8.23. The monoisotopic (exact) mass is 329 g/mol. The summed E-state index contributed by atoms with van der Waals surface area (Å²) in [6.07, 6.45) is 0.446. The third kappa shape index (κ3) is 3.09. The Morgan fingerprint density at radius 1 is 1.08 bits per heavy atom. The molecule has 1 N–H and O–H groups in total. The molecule has 4 nitrogen and oxygen atoms in total. The van der Waals surface area contributed by atoms with E-state index in [4.69, 9.17) is 9.47 Å². The van der Waals surface area contributed by atoms with Crippen LogP contribution in [0.3, 0.4) is 0 Å². The van der Waals surface area contributed by atoms with Gasteiger partial charge in [0.05, 0.1) is 6.10 Å². The van der Waals surface area contributed by atoms with Gasteiger partial charge in [-0.2, -0.15) is 0 Å². The molecule has 2 heterocycles. The average molecular weight is 329 g/mol. The number of likely N-dealkylation sites (tertiary alicyclic amines) is 1. The topological polar surface area (TPSA) is 41.9 Å². The van der Waals surface area contributed by atoms with Crippen LogP contribution in [0.4, 0.5) is 4.39 Å². The van der Waals surface area contributed by atoms with Crippen molar-refractivity contribution in [3.05, 3.63) is 59.4 Å². The molecule has 0 aliphatic carbocycles. The number of benzene rings is 2. The predicted molar refractivity (Wildman–Crippen MR) is 87.6 cm³/mol. The van der Waals surface area contributed by atoms with E-state index >= 15 is 0 Å². The number of piperidine rings is 1. The number of fused-ring (bicyclic) bond motifs is 1. The lowest BCUT2D eigenvalue weighted by Crippen LogP contribution is -2.42. The molecule has 2 aromatic rings. The maximum Gasteiger partial charge on any atom is 0.231 e. The maximum absolute atomic E-state index is 13.0. The van der Waals surface area contributed by atoms with Gasteiger partial charge in [-0.3, -0.25) is 4.90 Å². The van der Waals surface area contributed by atoms with Gasteiger partial charge in [-0.05, 0) is 48.4 Å². The van der Waals surface area contributed by atoms with Gasteiger partial charge < -0.3 is 14.6 Å². The van der Waals surface area contributed by atoms with Crippen LogP contribution in [-0.4, -0.2) is 36.0 Å². The van der Waals surface area contributed by atoms with Crippen molar-refractivity contribution in [3.8, 4) is 11.5 Å². The molecule has 0 bridgehead atoms. The van der Waals surface area contributed by atoms with E-state index in [1.807, 2.05) is 18.2 Å². The molecule has 2 atom stereocenters. The molecule has 0 radical (unpaired) electrons. The van der Waals surface area contributed by atoms with Gasteiger partial charge in [0, 0.05) is 19.0 Å². The van der Waals surface area contributed by atoms with Gasteiger partial charge in [-0.1, -0.05) is 18.2 Å². The fraction of sp³-hybridized carbons (Fsp3) is 0.368. The highest BCUT2D eigenvalue weighted by molar-refractivity contribution is 5.45. The number of hydrogen-bond donors (Lipinski definition) is 1. The zero-order valence-electron chi connectivity index (χ0n) is 13.3. The third-order valence-corrected chi connectivity index (χ3v) is 4.81. The van der Waals surface area contributed by atoms with Crippen molar-refractivity contribution in [2.75, 3.05) is 19.9 Å². The van der Waals surface area contributed by atoms with Crippen LogP contribution in [-0.2, 0) is 6.54 Å². The fourth-order valence-corrected chi connectivity index (χ4v) is 3.52. The Bertz CT molecular complexity index is 719. The molecular weight excluding hydrogens is 309 g/mol. The molecule has 126 valence electrons. The average Bonchev–Trinajstić information content (AvgIpc) is 3.05. The van der Waals surface area contributed by atoms with Crippen LogP contribution in [0.2, 0.25) is 0 Å². The molecule has 2 aromatic carbocycles. The number of β-amino-alcohol motifs (C(OH)–C–C–N with tert-alkyl or cyclic N) is 1. The zero-order chi connectivity index (χ0) is 16.5. The van der Waals surface area contributed by atoms with Crippen molar-refractivity contribution < 1.29 is 19.0 Å². The van der Waals surface area contributed by atoms with Crippen molar-refractivity contribution >= 4 is 0 Å². The normalized spacial score (nSPS) is 23.4. The van der Waals surface area contributed by atoms with Crippen LogP contribution in [0.15, 0.2) is 42.5 Å². The molecule has 5 heteroatoms. The number of ether oxygens (including phenoxy) is 2. The van der Waals surface area contributed by atoms with Crippen LogP contribution in [0.25, 0.3) is 0 Å². The molecule has 1 saturated heterocycles. The Labute approximate surface area is 140 Å². The van der Waals surface area contributed by atoms with E-state index in [9.17, 15) is 9.50 Å². The Morgan fingerprint density at radius 3 is 2.67 bits per heavy atom. The highest BCUT2D eigenvalue weighted by Crippen LogP contribution is 2.37. The minimum Gasteiger partial charge on any atom is -0.454 e. The summed E-state index contributed by atoms with van der Waals surface area (Å²) in [5, 5.41) is 10.6. The highest BCUT2D eigenvalue weighted by atomic mass is 19.1. The number of nitrogens with zero attached hydrogens (tertiary/aromatic N) is 1. The summed E-state index contributed by atoms with van der Waals surface area (Å²) < 4.78 is 23.8. The van der Waals surface area contributed by atoms with E-state index in [0.29, 0.717) is 6.54 Å². The van der Waals surface area contributed by atoms with Gasteiger partial charge in [0.1, 0.15) is 5.82 Å². The standard InChI is InChI=1S/C19H20FNO3/c20-15-4-1-13(2-5-15)10-21-8-7-16(17(22)11-21)14-3-6-18-19(9-14)24-12-23-18/h1-6,9,16-17,22H,7-8,10-12H2/t16-,17+/m0/s1. The Balaban J connectivity index is 1.42. The predicted octanol–water partition coefficient (Wildman–Crippen LogP) is 2.90. The largest absolute Gasteiger partial charge is 0.454 e. The minimum atomic E-state index is -0.431. The molecule has 0 saturated carbocycles. The van der Waals surface area contributed by atoms with Crippen LogP contribution in [0.5, 0.6) is 11.5 Å². The second kappa shape index (κ2) is 6.42. The number of hydrogen-bond acceptors (Lipinski definition) is 4. The molecule has 4 rings (SSSR count). The van der Waals surface area contributed by atoms with E-state index in [2.05, 4.69) is 4.90 Å². The van der Waals surface area contributed by atoms with Crippen LogP contribution in [0, 0.1) is 5.82 Å². The van der Waals surface area contributed by atoms with Crippen molar-refractivity contribution in [1.82, 2.24) is 4.90 Å². The summed E-state index contributed by atoms with van der Waals surface area (Å²) in [4.78, 5) is 2.21. The Morgan fingerprint density at radius 2 is 1.88 bits per heavy atom. The van der Waals surface area contributed by atoms with Crippen molar-refractivity contribution in [2.24, 2.45) is 0 Å². The van der Waals surface area contributed by atoms with Crippen LogP contribution < -0.4 is 9.47 Å². The lowest BCUT2D eigenvalue weighted by Gasteiger charge is -2.36. The lowest BCUT2D eigenvalue weighted by atomic mass is 9.86. The molecule has 0 aromatic heterocycles. The molecule has 2 aliphatic heterocycles. The minimum absolute atomic E-state index is 0.101. The SMILES string of the molecule is O[C@@H]1CN(Cc2ccc(F)cc2)CC[C@H]1c1ccc2c(c1)OCO2. The number of halogens is 1. The van der Waals surface area contributed by atoms with E-state index in [1.165, 1.54) is 12.1 Å². The van der Waals surface area contributed by atoms with Crippen LogP contribution in [0.1, 0.15) is 23.5 Å². The second-order valence-corrected chi connectivity index (χ2v) is 6.44. The van der Waals surface area contributed by atoms with Gasteiger partial charge in [-0.25, -0.2) is 4.39 Å². The zero-order valence-corrected chi connectivity index (χ0v) is 13.3. The first kappa shape index (κ1) is 15.4. The summed E-state index contributed by atoms with van der Waals surface area (Å²) in [6.45, 7) is 2.49. The summed E-state index contributed by atoms with van der Waals surface area (Å²) >= 11 is 0. The van der Waals surface area contributed by atoms with E-state index < -0.39 is 6.10 Å². The van der Waals surface area contributed by atoms with Crippen molar-refractivity contribution in [2.45, 2.75) is 25.0 Å². The third-order valence-electron chi connectivity index (χ3n) is 4.81. The summed E-state index contributed by atoms with van der Waals surface area (Å²) in [5.74, 6) is 1.40. The maximum atomic E-state index is 13.0. The molecule has 1 fully saturated rings. The molecule has 0 unspecified atom stereocenters. The van der Waals surface area contributed by atoms with E-state index in [1.54, 1.807) is 12.1 Å². The van der Waals surface area contributed by atoms with Gasteiger partial charge in [0.25, 0.3) is 0 Å². The fourth-order valence-electron chi connectivity index (χ4n) is 3.52. The Kier molecular flexibility index (Phi) is 4.12. The number of aliphatic hydroxyl groups excluding tert-OH is 1. The molecular formula is C19H20FNO3. The molecule has 24 heavy (non-hydrogen) atoms. The molecule has 0 amide bonds. The van der Waals surface area contributed by atoms with Gasteiger partial charge in [-0.15, -0.1) is 0 Å². The molecule has 2 aliphatic rings. The number of aliphatic hydroxyl groups is 1. The summed E-state index contributed by atoms with van der Waals surface area (Å²) in [6, 6.07) is 12.5. The molecule has 0 spiro atoms. The second-order valence-electron chi connectivity index (χ2n) is 6.44. The van der Waals surface area contributed by atoms with Crippen LogP contribution >= 0.6 is 0 Å². The van der Waals surface area contributed by atoms with Gasteiger partial charge >= 0.3 is 0 Å². The van der Waals surface area contributed by atoms with Gasteiger partial charge in [0.15, 0.2) is 11.5 Å². The first-order valence-electron chi connectivity index (χ1n) is 8.23. The summed E-state index contributed by atoms with van der Waals surface area (Å²) in [7, 11) is 0. The van der Waals surface area contributed by atoms with E-state index in [-0.39, 0.29) is 18.5 Å². The van der Waals surface area contributed by atoms with Gasteiger partial charge in [0.2, 0.25) is 6.79 Å².